The SMILES string of the molecule is CC[C@@]12C=CCN3CC[C@@]4(c5ccc(OC)cc5N(C)[C@H]4[C@@](O)(C(=O)OC)[C@@H]1C(C)=O)[C@@H]32. The van der Waals surface area contributed by atoms with E-state index in [1.54, 1.807) is 7.11 Å². The molecular weight excluding hydrogens is 408 g/mol. The molecular formula is C25H32N2O5. The third-order valence-electron chi connectivity index (χ3n) is 8.83. The largest absolute Gasteiger partial charge is 0.497 e. The standard InChI is InChI=1S/C25H32N2O5/c1-6-23-10-7-12-27-13-11-24(20(23)27)17-9-8-16(31-4)14-18(17)26(3)21(24)25(30,22(29)32-5)19(23)15(2)28/h7-10,14,19-21,30H,6,11-13H2,1-5H3/t19-,20+,21-,23-,24-,25-/m1/s1. The van der Waals surface area contributed by atoms with Crippen LogP contribution in [0.15, 0.2) is 30.4 Å². The van der Waals surface area contributed by atoms with Crippen LogP contribution in [-0.2, 0) is 19.7 Å². The second-order valence-electron chi connectivity index (χ2n) is 9.81. The van der Waals surface area contributed by atoms with Gasteiger partial charge in [0.25, 0.3) is 0 Å². The highest BCUT2D eigenvalue weighted by atomic mass is 16.5. The summed E-state index contributed by atoms with van der Waals surface area (Å²) in [6.07, 6.45) is 5.64. The number of benzene rings is 1. The van der Waals surface area contributed by atoms with Crippen molar-refractivity contribution in [2.75, 3.05) is 39.3 Å². The van der Waals surface area contributed by atoms with Crippen molar-refractivity contribution in [1.82, 2.24) is 4.90 Å². The number of aliphatic hydroxyl groups is 1. The topological polar surface area (TPSA) is 79.3 Å². The number of carbonyl (C=O) groups excluding carboxylic acids is 2. The maximum atomic E-state index is 13.5. The monoisotopic (exact) mass is 440 g/mol. The smallest absolute Gasteiger partial charge is 0.340 e. The molecule has 2 fully saturated rings. The van der Waals surface area contributed by atoms with Gasteiger partial charge in [-0.15, -0.1) is 0 Å². The summed E-state index contributed by atoms with van der Waals surface area (Å²) in [4.78, 5) is 31.2. The summed E-state index contributed by atoms with van der Waals surface area (Å²) in [5, 5.41) is 12.4. The lowest BCUT2D eigenvalue weighted by Gasteiger charge is -2.64. The van der Waals surface area contributed by atoms with E-state index in [0.717, 1.165) is 36.5 Å². The van der Waals surface area contributed by atoms with Crippen molar-refractivity contribution in [3.8, 4) is 5.75 Å². The van der Waals surface area contributed by atoms with E-state index < -0.39 is 34.4 Å². The quantitative estimate of drug-likeness (QED) is 0.566. The Labute approximate surface area is 189 Å². The predicted octanol–water partition coefficient (Wildman–Crippen LogP) is 1.91. The van der Waals surface area contributed by atoms with Crippen molar-refractivity contribution in [2.24, 2.45) is 11.3 Å². The third kappa shape index (κ3) is 2.19. The molecule has 1 spiro atoms. The summed E-state index contributed by atoms with van der Waals surface area (Å²) in [6.45, 7) is 5.20. The number of Topliss-reactive ketones (excluding diaryl/α,β-unsaturated/α-hetero) is 1. The zero-order valence-electron chi connectivity index (χ0n) is 19.4. The van der Waals surface area contributed by atoms with Crippen LogP contribution in [0, 0.1) is 11.3 Å². The Hall–Kier alpha value is -2.38. The fourth-order valence-corrected chi connectivity index (χ4v) is 8.07. The zero-order valence-corrected chi connectivity index (χ0v) is 19.4. The number of nitrogens with zero attached hydrogens (tertiary/aromatic N) is 2. The minimum Gasteiger partial charge on any atom is -0.497 e. The normalized spacial score (nSPS) is 39.3. The van der Waals surface area contributed by atoms with Gasteiger partial charge >= 0.3 is 5.97 Å². The molecule has 172 valence electrons. The van der Waals surface area contributed by atoms with Crippen molar-refractivity contribution >= 4 is 17.4 Å². The van der Waals surface area contributed by atoms with Crippen LogP contribution in [-0.4, -0.2) is 73.8 Å². The molecule has 1 aromatic carbocycles. The molecule has 3 aliphatic heterocycles. The van der Waals surface area contributed by atoms with Crippen molar-refractivity contribution < 1.29 is 24.2 Å². The van der Waals surface area contributed by atoms with E-state index in [-0.39, 0.29) is 11.8 Å². The first-order valence-electron chi connectivity index (χ1n) is 11.4. The Morgan fingerprint density at radius 3 is 2.62 bits per heavy atom. The molecule has 4 aliphatic rings. The molecule has 0 aromatic heterocycles. The summed E-state index contributed by atoms with van der Waals surface area (Å²) in [6, 6.07) is 5.37. The molecule has 1 aliphatic carbocycles. The Morgan fingerprint density at radius 2 is 2.00 bits per heavy atom. The van der Waals surface area contributed by atoms with Crippen LogP contribution >= 0.6 is 0 Å². The highest BCUT2D eigenvalue weighted by Crippen LogP contribution is 2.68. The van der Waals surface area contributed by atoms with E-state index in [4.69, 9.17) is 9.47 Å². The van der Waals surface area contributed by atoms with Crippen LogP contribution in [0.3, 0.4) is 0 Å². The molecule has 0 amide bonds. The number of methoxy groups -OCH3 is 2. The molecule has 1 saturated carbocycles. The summed E-state index contributed by atoms with van der Waals surface area (Å²) >= 11 is 0. The maximum Gasteiger partial charge on any atom is 0.340 e. The minimum absolute atomic E-state index is 0.00840. The van der Waals surface area contributed by atoms with E-state index >= 15 is 0 Å². The van der Waals surface area contributed by atoms with Gasteiger partial charge in [0.15, 0.2) is 5.60 Å². The van der Waals surface area contributed by atoms with Gasteiger partial charge in [-0.25, -0.2) is 4.79 Å². The number of likely N-dealkylation sites (N-methyl/N-ethyl adjacent to an activating group) is 1. The Morgan fingerprint density at radius 1 is 1.25 bits per heavy atom. The highest BCUT2D eigenvalue weighted by molar-refractivity contribution is 5.94. The predicted molar refractivity (Wildman–Crippen MR) is 120 cm³/mol. The molecule has 0 unspecified atom stereocenters. The third-order valence-corrected chi connectivity index (χ3v) is 8.83. The molecule has 32 heavy (non-hydrogen) atoms. The number of hydrogen-bond donors (Lipinski definition) is 1. The first-order valence-corrected chi connectivity index (χ1v) is 11.4. The molecule has 7 nitrogen and oxygen atoms in total. The average molecular weight is 441 g/mol. The molecule has 0 bridgehead atoms. The van der Waals surface area contributed by atoms with Gasteiger partial charge in [-0.1, -0.05) is 25.1 Å². The second-order valence-corrected chi connectivity index (χ2v) is 9.81. The number of anilines is 1. The molecule has 5 rings (SSSR count). The van der Waals surface area contributed by atoms with Gasteiger partial charge in [-0.05, 0) is 37.9 Å². The number of hydrogen-bond acceptors (Lipinski definition) is 7. The second kappa shape index (κ2) is 6.81. The number of ether oxygens (including phenoxy) is 2. The van der Waals surface area contributed by atoms with Gasteiger partial charge in [0, 0.05) is 42.2 Å². The summed E-state index contributed by atoms with van der Waals surface area (Å²) in [5.41, 5.74) is -1.15. The van der Waals surface area contributed by atoms with Crippen LogP contribution in [0.25, 0.3) is 0 Å². The molecule has 0 radical (unpaired) electrons. The Balaban J connectivity index is 1.89. The molecule has 7 heteroatoms. The molecule has 1 saturated heterocycles. The van der Waals surface area contributed by atoms with Gasteiger partial charge < -0.3 is 19.5 Å². The van der Waals surface area contributed by atoms with Gasteiger partial charge in [0.1, 0.15) is 11.5 Å². The minimum atomic E-state index is -1.99. The highest BCUT2D eigenvalue weighted by Gasteiger charge is 2.79. The van der Waals surface area contributed by atoms with Crippen LogP contribution < -0.4 is 9.64 Å². The van der Waals surface area contributed by atoms with Crippen molar-refractivity contribution in [3.63, 3.8) is 0 Å². The zero-order chi connectivity index (χ0) is 23.1. The number of rotatable bonds is 4. The van der Waals surface area contributed by atoms with Crippen LogP contribution in [0.4, 0.5) is 5.69 Å². The fraction of sp³-hybridized carbons (Fsp3) is 0.600. The molecule has 3 heterocycles. The number of esters is 1. The van der Waals surface area contributed by atoms with Crippen molar-refractivity contribution in [2.45, 2.75) is 49.8 Å². The fourth-order valence-electron chi connectivity index (χ4n) is 8.07. The van der Waals surface area contributed by atoms with Crippen LogP contribution in [0.2, 0.25) is 0 Å². The first kappa shape index (κ1) is 21.5. The lowest BCUT2D eigenvalue weighted by atomic mass is 9.44. The van der Waals surface area contributed by atoms with Crippen molar-refractivity contribution in [3.05, 3.63) is 35.9 Å². The Kier molecular flexibility index (Phi) is 4.57. The molecule has 1 aromatic rings. The van der Waals surface area contributed by atoms with Gasteiger partial charge in [-0.3, -0.25) is 9.69 Å². The van der Waals surface area contributed by atoms with Crippen LogP contribution in [0.5, 0.6) is 5.75 Å². The van der Waals surface area contributed by atoms with E-state index in [2.05, 4.69) is 30.0 Å². The lowest BCUT2D eigenvalue weighted by Crippen LogP contribution is -2.79. The number of fused-ring (bicyclic) bond motifs is 1. The van der Waals surface area contributed by atoms with Gasteiger partial charge in [0.05, 0.1) is 26.2 Å². The van der Waals surface area contributed by atoms with E-state index in [9.17, 15) is 14.7 Å². The maximum absolute atomic E-state index is 13.5. The first-order chi connectivity index (χ1) is 15.2. The molecule has 1 N–H and O–H groups in total. The van der Waals surface area contributed by atoms with E-state index in [1.165, 1.54) is 14.0 Å². The van der Waals surface area contributed by atoms with E-state index in [0.29, 0.717) is 6.42 Å². The average Bonchev–Trinajstić information content (AvgIpc) is 3.30. The summed E-state index contributed by atoms with van der Waals surface area (Å²) < 4.78 is 10.7. The summed E-state index contributed by atoms with van der Waals surface area (Å²) in [5.74, 6) is -1.12. The number of carbonyl (C=O) groups is 2. The molecule has 6 atom stereocenters. The lowest BCUT2D eigenvalue weighted by molar-refractivity contribution is -0.200. The summed E-state index contributed by atoms with van der Waals surface area (Å²) in [7, 11) is 4.82. The van der Waals surface area contributed by atoms with Gasteiger partial charge in [0.2, 0.25) is 0 Å². The van der Waals surface area contributed by atoms with Crippen LogP contribution in [0.1, 0.15) is 32.3 Å². The Bertz CT molecular complexity index is 1020. The number of ketones is 1. The van der Waals surface area contributed by atoms with E-state index in [1.807, 2.05) is 24.1 Å². The van der Waals surface area contributed by atoms with Gasteiger partial charge in [-0.2, -0.15) is 0 Å². The van der Waals surface area contributed by atoms with Crippen molar-refractivity contribution in [1.29, 1.82) is 0 Å².